The molecular weight excluding hydrogens is 1360 g/mol. The fourth-order valence-electron chi connectivity index (χ4n) is 12.2. The average molecular weight is 1480 g/mol. The number of aliphatic hydroxyl groups is 1. The van der Waals surface area contributed by atoms with Gasteiger partial charge in [0.15, 0.2) is 10.7 Å². The number of nitro groups is 1. The Bertz CT molecular complexity index is 3480. The number of carbonyl (C=O) groups excluding carboxylic acids is 11. The molecule has 4 rings (SSSR count). The smallest absolute Gasteiger partial charge is 0.390 e. The number of H-pyrrole nitrogens is 1. The number of hydrogen-bond acceptors (Lipinski definition) is 19. The average Bonchev–Trinajstić information content (AvgIpc) is 1.22. The van der Waals surface area contributed by atoms with Crippen LogP contribution in [0.3, 0.4) is 0 Å². The Morgan fingerprint density at radius 1 is 0.567 bits per heavy atom. The first-order chi connectivity index (χ1) is 48.4. The van der Waals surface area contributed by atoms with Gasteiger partial charge in [0, 0.05) is 56.4 Å². The molecule has 11 amide bonds. The third-order valence-electron chi connectivity index (χ3n) is 18.5. The molecule has 4 heterocycles. The maximum atomic E-state index is 15.1. The SMILES string of the molecule is C/C=C/CC(C)C(O)C1C(=O)NC(CC)C(=O)N(C)CC(=O)N(C)C(CC(C)C)C(=O)NC(C(C)C)C(=O)N(C)C(CC(C)C)C(=O)NC(C)C(=O)NC(C)C(=O)N(C)C(CC(C)C)C(=O)N(C)C(CC(C)C)C(=O)N(C)C(C(C)C)C(=O)N1C.Cn1cnc([N+](=O)[O-])c1Sc1ncnc2nc[nH]c12. The van der Waals surface area contributed by atoms with Gasteiger partial charge in [-0.3, -0.25) is 52.7 Å². The number of carbonyl (C=O) groups is 11. The summed E-state index contributed by atoms with van der Waals surface area (Å²) in [5.74, 6) is -9.90. The van der Waals surface area contributed by atoms with Crippen molar-refractivity contribution in [2.75, 3.05) is 55.9 Å². The highest BCUT2D eigenvalue weighted by Crippen LogP contribution is 2.35. The monoisotopic (exact) mass is 1480 g/mol. The quantitative estimate of drug-likeness (QED) is 0.0444. The lowest BCUT2D eigenvalue weighted by atomic mass is 9.91. The van der Waals surface area contributed by atoms with E-state index in [0.29, 0.717) is 27.6 Å². The van der Waals surface area contributed by atoms with Gasteiger partial charge < -0.3 is 80.3 Å². The minimum absolute atomic E-state index is 0.0229. The van der Waals surface area contributed by atoms with Crippen molar-refractivity contribution in [2.24, 2.45) is 48.5 Å². The number of aliphatic hydroxyl groups excluding tert-OH is 1. The van der Waals surface area contributed by atoms with Crippen molar-refractivity contribution in [2.45, 2.75) is 233 Å². The summed E-state index contributed by atoms with van der Waals surface area (Å²) in [6, 6.07) is -12.3. The van der Waals surface area contributed by atoms with Gasteiger partial charge in [-0.15, -0.1) is 0 Å². The molecule has 1 fully saturated rings. The molecule has 1 aliphatic rings. The molecule has 3 aromatic rings. The number of rotatable bonds is 18. The highest BCUT2D eigenvalue weighted by Gasteiger charge is 2.46. The predicted molar refractivity (Wildman–Crippen MR) is 394 cm³/mol. The van der Waals surface area contributed by atoms with Crippen molar-refractivity contribution in [1.82, 2.24) is 85.1 Å². The minimum atomic E-state index is -1.61. The first kappa shape index (κ1) is 89.6. The zero-order valence-electron chi connectivity index (χ0n) is 65.7. The first-order valence-corrected chi connectivity index (χ1v) is 36.5. The van der Waals surface area contributed by atoms with Crippen LogP contribution in [0.4, 0.5) is 5.82 Å². The zero-order chi connectivity index (χ0) is 79.4. The molecule has 32 nitrogen and oxygen atoms in total. The zero-order valence-corrected chi connectivity index (χ0v) is 66.5. The predicted octanol–water partition coefficient (Wildman–Crippen LogP) is 4.41. The third-order valence-corrected chi connectivity index (χ3v) is 19.7. The molecule has 1 saturated heterocycles. The van der Waals surface area contributed by atoms with Crippen molar-refractivity contribution in [3.05, 3.63) is 41.2 Å². The number of hydrogen-bond donors (Lipinski definition) is 6. The van der Waals surface area contributed by atoms with Gasteiger partial charge in [-0.2, -0.15) is 0 Å². The molecule has 582 valence electrons. The van der Waals surface area contributed by atoms with Crippen LogP contribution >= 0.6 is 11.8 Å². The number of nitrogens with zero attached hydrogens (tertiary/aromatic N) is 13. The number of aromatic amines is 1. The van der Waals surface area contributed by atoms with Crippen LogP contribution in [0.5, 0.6) is 0 Å². The molecule has 0 spiro atoms. The van der Waals surface area contributed by atoms with E-state index in [0.717, 1.165) is 21.6 Å². The van der Waals surface area contributed by atoms with E-state index in [2.05, 4.69) is 46.2 Å². The van der Waals surface area contributed by atoms with Gasteiger partial charge in [-0.05, 0) is 122 Å². The second-order valence-corrected chi connectivity index (χ2v) is 30.7. The van der Waals surface area contributed by atoms with E-state index in [9.17, 15) is 58.4 Å². The maximum absolute atomic E-state index is 15.1. The van der Waals surface area contributed by atoms with Crippen LogP contribution in [-0.2, 0) is 59.8 Å². The molecule has 0 aliphatic carbocycles. The molecule has 0 radical (unpaired) electrons. The molecule has 33 heteroatoms. The van der Waals surface area contributed by atoms with E-state index in [-0.39, 0.29) is 61.6 Å². The summed E-state index contributed by atoms with van der Waals surface area (Å²) < 4.78 is 1.58. The topological polar surface area (TPSA) is 394 Å². The van der Waals surface area contributed by atoms with E-state index >= 15 is 9.59 Å². The Morgan fingerprint density at radius 2 is 1.06 bits per heavy atom. The van der Waals surface area contributed by atoms with Gasteiger partial charge >= 0.3 is 5.82 Å². The number of allylic oxidation sites excluding steroid dienone is 2. The minimum Gasteiger partial charge on any atom is -0.390 e. The number of nitrogens with one attached hydrogen (secondary N) is 5. The number of aryl methyl sites for hydroxylation is 1. The van der Waals surface area contributed by atoms with Crippen LogP contribution in [0.25, 0.3) is 11.2 Å². The van der Waals surface area contributed by atoms with Crippen LogP contribution < -0.4 is 21.3 Å². The number of imidazole rings is 2. The van der Waals surface area contributed by atoms with Crippen molar-refractivity contribution in [3.63, 3.8) is 0 Å². The lowest BCUT2D eigenvalue weighted by molar-refractivity contribution is -0.392. The number of likely N-dealkylation sites (N-methyl/N-ethyl adjacent to an activating group) is 7. The standard InChI is InChI=1S/C62H111N11O12.C9H7N7O2S/c1-25-27-28-40(15)52(75)51-56(79)65-43(26-2)58(81)67(18)33-48(74)68(19)44(29-34(3)4)55(78)66-49(38(11)12)61(84)69(20)45(30-35(5)6)54(77)63-41(16)53(76)64-42(17)57(80)70(21)46(31-36(7)8)59(82)71(22)47(32-37(9)10)60(83)72(23)50(39(13)14)62(85)73(51)24;1-15-4-14-7(16(17)18)9(15)19-8-5-6(11-2-10-5)12-3-13-8/h25,27,34-47,49-52,75H,26,28-33H2,1-24H3,(H,63,77)(H,64,76)(H,65,79)(H,66,78);2-4H,1H3,(H,10,11,12,13)/b27-25+;. The lowest BCUT2D eigenvalue weighted by Gasteiger charge is -2.41. The Hall–Kier alpha value is -8.62. The van der Waals surface area contributed by atoms with Gasteiger partial charge in [0.2, 0.25) is 71.3 Å². The summed E-state index contributed by atoms with van der Waals surface area (Å²) in [7, 11) is 11.6. The second kappa shape index (κ2) is 40.6. The van der Waals surface area contributed by atoms with Crippen molar-refractivity contribution < 1.29 is 62.8 Å². The Morgan fingerprint density at radius 3 is 1.57 bits per heavy atom. The Labute approximate surface area is 617 Å². The van der Waals surface area contributed by atoms with E-state index in [4.69, 9.17) is 0 Å². The molecule has 0 bridgehead atoms. The van der Waals surface area contributed by atoms with Crippen LogP contribution in [0.1, 0.15) is 156 Å². The molecule has 1 aliphatic heterocycles. The van der Waals surface area contributed by atoms with Gasteiger partial charge in [-0.25, -0.2) is 15.0 Å². The molecule has 12 atom stereocenters. The van der Waals surface area contributed by atoms with Gasteiger partial charge in [0.25, 0.3) is 0 Å². The highest BCUT2D eigenvalue weighted by molar-refractivity contribution is 7.99. The molecule has 12 unspecified atom stereocenters. The van der Waals surface area contributed by atoms with Crippen LogP contribution in [0.15, 0.2) is 41.2 Å². The van der Waals surface area contributed by atoms with Crippen molar-refractivity contribution in [3.8, 4) is 0 Å². The summed E-state index contributed by atoms with van der Waals surface area (Å²) in [5, 5.41) is 34.9. The number of amides is 11. The Balaban J connectivity index is 0.00000125. The van der Waals surface area contributed by atoms with Gasteiger partial charge in [0.1, 0.15) is 77.3 Å². The number of fused-ring (bicyclic) bond motifs is 1. The summed E-state index contributed by atoms with van der Waals surface area (Å²) in [5.41, 5.74) is 1.16. The van der Waals surface area contributed by atoms with Crippen LogP contribution in [0.2, 0.25) is 0 Å². The fraction of sp³-hybridized carbons (Fsp3) is 0.704. The lowest BCUT2D eigenvalue weighted by Crippen LogP contribution is -2.63. The molecule has 6 N–H and O–H groups in total. The third kappa shape index (κ3) is 24.0. The summed E-state index contributed by atoms with van der Waals surface area (Å²) in [6.07, 6.45) is 7.31. The molecule has 3 aromatic heterocycles. The molecular formula is C71H118N18O14S. The molecule has 104 heavy (non-hydrogen) atoms. The van der Waals surface area contributed by atoms with Crippen LogP contribution in [0, 0.1) is 51.5 Å². The fourth-order valence-corrected chi connectivity index (χ4v) is 13.2. The largest absolute Gasteiger partial charge is 0.396 e. The first-order valence-electron chi connectivity index (χ1n) is 35.7. The normalized spacial score (nSPS) is 24.0. The molecule has 0 saturated carbocycles. The van der Waals surface area contributed by atoms with E-state index in [1.807, 2.05) is 61.5 Å². The van der Waals surface area contributed by atoms with Crippen molar-refractivity contribution >= 4 is 93.7 Å². The highest BCUT2D eigenvalue weighted by atomic mass is 32.2. The Kier molecular flexibility index (Phi) is 35.0. The summed E-state index contributed by atoms with van der Waals surface area (Å²) in [4.78, 5) is 198. The van der Waals surface area contributed by atoms with Crippen LogP contribution in [-0.4, -0.2) is 261 Å². The van der Waals surface area contributed by atoms with E-state index < -0.39 is 161 Å². The summed E-state index contributed by atoms with van der Waals surface area (Å²) >= 11 is 1.15. The molecule has 0 aromatic carbocycles. The summed E-state index contributed by atoms with van der Waals surface area (Å²) in [6.45, 7) is 29.3. The second-order valence-electron chi connectivity index (χ2n) is 29.7. The van der Waals surface area contributed by atoms with E-state index in [1.54, 1.807) is 66.2 Å². The number of aromatic nitrogens is 6. The van der Waals surface area contributed by atoms with Gasteiger partial charge in [-0.1, -0.05) is 109 Å². The van der Waals surface area contributed by atoms with Gasteiger partial charge in [0.05, 0.1) is 19.0 Å². The van der Waals surface area contributed by atoms with E-state index in [1.165, 1.54) is 107 Å². The van der Waals surface area contributed by atoms with Crippen molar-refractivity contribution in [1.29, 1.82) is 0 Å². The maximum Gasteiger partial charge on any atom is 0.396 e.